The van der Waals surface area contributed by atoms with Crippen LogP contribution < -0.4 is 5.56 Å². The predicted molar refractivity (Wildman–Crippen MR) is 109 cm³/mol. The van der Waals surface area contributed by atoms with Gasteiger partial charge in [-0.25, -0.2) is 4.39 Å². The maximum atomic E-state index is 14.5. The molecular formula is C22H22FN3O3. The Morgan fingerprint density at radius 2 is 2.07 bits per heavy atom. The molecule has 4 rings (SSSR count). The number of H-pyrrole nitrogens is 1. The number of aryl methyl sites for hydroxylation is 1. The molecule has 1 aromatic carbocycles. The van der Waals surface area contributed by atoms with Gasteiger partial charge in [0.2, 0.25) is 0 Å². The van der Waals surface area contributed by atoms with E-state index in [0.717, 1.165) is 10.9 Å². The number of hydrogen-bond acceptors (Lipinski definition) is 3. The third-order valence-electron chi connectivity index (χ3n) is 5.18. The van der Waals surface area contributed by atoms with Crippen molar-refractivity contribution in [2.75, 3.05) is 26.3 Å². The number of pyridine rings is 1. The van der Waals surface area contributed by atoms with Crippen LogP contribution in [0.5, 0.6) is 0 Å². The second-order valence-corrected chi connectivity index (χ2v) is 6.98. The molecule has 0 aliphatic carbocycles. The molecule has 29 heavy (non-hydrogen) atoms. The van der Waals surface area contributed by atoms with E-state index >= 15 is 0 Å². The highest BCUT2D eigenvalue weighted by Crippen LogP contribution is 2.28. The average Bonchev–Trinajstić information content (AvgIpc) is 3.24. The zero-order chi connectivity index (χ0) is 20.4. The lowest BCUT2D eigenvalue weighted by Crippen LogP contribution is -2.41. The summed E-state index contributed by atoms with van der Waals surface area (Å²) < 4.78 is 21.4. The quantitative estimate of drug-likeness (QED) is 0.675. The highest BCUT2D eigenvalue weighted by molar-refractivity contribution is 5.99. The summed E-state index contributed by atoms with van der Waals surface area (Å²) in [6.45, 7) is 5.98. The topological polar surface area (TPSA) is 67.3 Å². The number of carbonyl (C=O) groups is 1. The highest BCUT2D eigenvalue weighted by atomic mass is 19.1. The Kier molecular flexibility index (Phi) is 5.31. The zero-order valence-corrected chi connectivity index (χ0v) is 16.0. The van der Waals surface area contributed by atoms with Gasteiger partial charge in [-0.1, -0.05) is 12.1 Å². The SMILES string of the molecule is C=CCCn1cc(-c2ccc(F)c(C(=O)N3CCOCC3)c2)c2cc[nH]c2c1=O. The smallest absolute Gasteiger partial charge is 0.274 e. The number of nitrogens with zero attached hydrogens (tertiary/aromatic N) is 2. The number of ether oxygens (including phenoxy) is 1. The average molecular weight is 395 g/mol. The van der Waals surface area contributed by atoms with E-state index in [2.05, 4.69) is 11.6 Å². The van der Waals surface area contributed by atoms with Crippen molar-refractivity contribution in [3.63, 3.8) is 0 Å². The number of morpholine rings is 1. The Morgan fingerprint density at radius 3 is 2.83 bits per heavy atom. The molecule has 1 N–H and O–H groups in total. The van der Waals surface area contributed by atoms with Gasteiger partial charge < -0.3 is 19.2 Å². The summed E-state index contributed by atoms with van der Waals surface area (Å²) in [5.74, 6) is -0.909. The van der Waals surface area contributed by atoms with Crippen LogP contribution in [0.4, 0.5) is 4.39 Å². The summed E-state index contributed by atoms with van der Waals surface area (Å²) in [5.41, 5.74) is 1.83. The minimum atomic E-state index is -0.560. The van der Waals surface area contributed by atoms with E-state index in [4.69, 9.17) is 4.74 Å². The van der Waals surface area contributed by atoms with Crippen molar-refractivity contribution in [2.24, 2.45) is 0 Å². The summed E-state index contributed by atoms with van der Waals surface area (Å²) in [7, 11) is 0. The van der Waals surface area contributed by atoms with Gasteiger partial charge in [-0.05, 0) is 30.2 Å². The summed E-state index contributed by atoms with van der Waals surface area (Å²) in [6.07, 6.45) is 5.87. The summed E-state index contributed by atoms with van der Waals surface area (Å²) in [4.78, 5) is 30.1. The lowest BCUT2D eigenvalue weighted by Gasteiger charge is -2.27. The predicted octanol–water partition coefficient (Wildman–Crippen LogP) is 3.18. The van der Waals surface area contributed by atoms with Crippen LogP contribution in [0, 0.1) is 5.82 Å². The monoisotopic (exact) mass is 395 g/mol. The molecule has 1 fully saturated rings. The number of carbonyl (C=O) groups excluding carboxylic acids is 1. The van der Waals surface area contributed by atoms with Gasteiger partial charge in [0.15, 0.2) is 0 Å². The van der Waals surface area contributed by atoms with Gasteiger partial charge in [0.05, 0.1) is 18.8 Å². The number of aromatic nitrogens is 2. The minimum absolute atomic E-state index is 0.0249. The maximum Gasteiger partial charge on any atom is 0.274 e. The van der Waals surface area contributed by atoms with Crippen molar-refractivity contribution in [3.8, 4) is 11.1 Å². The molecule has 3 heterocycles. The molecule has 1 aliphatic heterocycles. The molecule has 1 saturated heterocycles. The highest BCUT2D eigenvalue weighted by Gasteiger charge is 2.22. The van der Waals surface area contributed by atoms with Crippen LogP contribution in [-0.2, 0) is 11.3 Å². The number of nitrogens with one attached hydrogen (secondary N) is 1. The number of halogens is 1. The van der Waals surface area contributed by atoms with Crippen LogP contribution >= 0.6 is 0 Å². The van der Waals surface area contributed by atoms with Crippen molar-refractivity contribution >= 4 is 16.8 Å². The van der Waals surface area contributed by atoms with Crippen molar-refractivity contribution in [3.05, 3.63) is 71.0 Å². The van der Waals surface area contributed by atoms with Crippen LogP contribution in [0.2, 0.25) is 0 Å². The van der Waals surface area contributed by atoms with Crippen LogP contribution in [0.25, 0.3) is 22.0 Å². The van der Waals surface area contributed by atoms with Crippen molar-refractivity contribution in [1.82, 2.24) is 14.5 Å². The van der Waals surface area contributed by atoms with Gasteiger partial charge in [0.1, 0.15) is 11.3 Å². The van der Waals surface area contributed by atoms with Gasteiger partial charge in [0.25, 0.3) is 11.5 Å². The molecule has 7 heteroatoms. The summed E-state index contributed by atoms with van der Waals surface area (Å²) in [5, 5.41) is 0.737. The van der Waals surface area contributed by atoms with E-state index in [9.17, 15) is 14.0 Å². The third-order valence-corrected chi connectivity index (χ3v) is 5.18. The molecule has 0 spiro atoms. The number of amides is 1. The zero-order valence-electron chi connectivity index (χ0n) is 16.0. The lowest BCUT2D eigenvalue weighted by molar-refractivity contribution is 0.0300. The lowest BCUT2D eigenvalue weighted by atomic mass is 10.0. The number of benzene rings is 1. The first-order valence-electron chi connectivity index (χ1n) is 9.58. The van der Waals surface area contributed by atoms with Crippen LogP contribution in [-0.4, -0.2) is 46.7 Å². The molecule has 0 saturated carbocycles. The molecule has 1 aliphatic rings. The molecule has 0 atom stereocenters. The first-order valence-corrected chi connectivity index (χ1v) is 9.58. The Balaban J connectivity index is 1.80. The fourth-order valence-corrected chi connectivity index (χ4v) is 3.62. The molecular weight excluding hydrogens is 373 g/mol. The molecule has 0 bridgehead atoms. The number of aromatic amines is 1. The normalized spacial score (nSPS) is 14.3. The van der Waals surface area contributed by atoms with Crippen molar-refractivity contribution in [1.29, 1.82) is 0 Å². The van der Waals surface area contributed by atoms with Crippen LogP contribution in [0.3, 0.4) is 0 Å². The van der Waals surface area contributed by atoms with E-state index in [1.54, 1.807) is 40.1 Å². The Morgan fingerprint density at radius 1 is 1.28 bits per heavy atom. The third kappa shape index (κ3) is 3.61. The fourth-order valence-electron chi connectivity index (χ4n) is 3.62. The van der Waals surface area contributed by atoms with Gasteiger partial charge in [0, 0.05) is 43.0 Å². The summed E-state index contributed by atoms with van der Waals surface area (Å²) in [6, 6.07) is 6.32. The second-order valence-electron chi connectivity index (χ2n) is 6.98. The van der Waals surface area contributed by atoms with Gasteiger partial charge >= 0.3 is 0 Å². The molecule has 150 valence electrons. The Bertz CT molecular complexity index is 1130. The Labute approximate surface area is 167 Å². The molecule has 1 amide bonds. The van der Waals surface area contributed by atoms with Gasteiger partial charge in [-0.2, -0.15) is 0 Å². The largest absolute Gasteiger partial charge is 0.378 e. The first kappa shape index (κ1) is 19.1. The van der Waals surface area contributed by atoms with Crippen LogP contribution in [0.1, 0.15) is 16.8 Å². The maximum absolute atomic E-state index is 14.5. The number of fused-ring (bicyclic) bond motifs is 1. The van der Waals surface area contributed by atoms with E-state index in [1.165, 1.54) is 6.07 Å². The molecule has 3 aromatic rings. The fraction of sp³-hybridized carbons (Fsp3) is 0.273. The number of hydrogen-bond donors (Lipinski definition) is 1. The van der Waals surface area contributed by atoms with Crippen molar-refractivity contribution in [2.45, 2.75) is 13.0 Å². The molecule has 0 radical (unpaired) electrons. The van der Waals surface area contributed by atoms with E-state index in [0.29, 0.717) is 50.3 Å². The molecule has 2 aromatic heterocycles. The van der Waals surface area contributed by atoms with Gasteiger partial charge in [-0.15, -0.1) is 6.58 Å². The molecule has 6 nitrogen and oxygen atoms in total. The number of allylic oxidation sites excluding steroid dienone is 1. The first-order chi connectivity index (χ1) is 14.1. The Hall–Kier alpha value is -3.19. The van der Waals surface area contributed by atoms with Gasteiger partial charge in [-0.3, -0.25) is 9.59 Å². The van der Waals surface area contributed by atoms with Crippen molar-refractivity contribution < 1.29 is 13.9 Å². The number of rotatable bonds is 5. The second kappa shape index (κ2) is 8.05. The van der Waals surface area contributed by atoms with E-state index in [1.807, 2.05) is 6.07 Å². The molecule has 0 unspecified atom stereocenters. The standard InChI is InChI=1S/C22H22FN3O3/c1-2-3-8-26-14-18(16-6-7-24-20(16)22(26)28)15-4-5-19(23)17(13-15)21(27)25-9-11-29-12-10-25/h2,4-7,13-14,24H,1,3,8-12H2. The van der Waals surface area contributed by atoms with E-state index < -0.39 is 5.82 Å². The van der Waals surface area contributed by atoms with E-state index in [-0.39, 0.29) is 17.0 Å². The summed E-state index contributed by atoms with van der Waals surface area (Å²) >= 11 is 0. The van der Waals surface area contributed by atoms with Crippen LogP contribution in [0.15, 0.2) is 54.1 Å². The minimum Gasteiger partial charge on any atom is -0.378 e.